The Kier molecular flexibility index (Phi) is 4.52. The first-order chi connectivity index (χ1) is 9.84. The Morgan fingerprint density at radius 2 is 2.19 bits per heavy atom. The lowest BCUT2D eigenvalue weighted by molar-refractivity contribution is -0.146. The van der Waals surface area contributed by atoms with Gasteiger partial charge in [-0.3, -0.25) is 4.79 Å². The molecule has 1 fully saturated rings. The first-order valence-electron chi connectivity index (χ1n) is 6.85. The van der Waals surface area contributed by atoms with Crippen molar-refractivity contribution in [2.24, 2.45) is 5.92 Å². The molecule has 0 heterocycles. The van der Waals surface area contributed by atoms with Crippen molar-refractivity contribution in [1.82, 2.24) is 5.32 Å². The first-order valence-corrected chi connectivity index (χ1v) is 7.23. The van der Waals surface area contributed by atoms with Gasteiger partial charge >= 0.3 is 5.97 Å². The van der Waals surface area contributed by atoms with Gasteiger partial charge in [0.2, 0.25) is 0 Å². The van der Waals surface area contributed by atoms with Crippen molar-refractivity contribution in [3.63, 3.8) is 0 Å². The number of nitrogens with one attached hydrogen (secondary N) is 1. The van der Waals surface area contributed by atoms with Gasteiger partial charge in [-0.25, -0.2) is 9.18 Å². The van der Waals surface area contributed by atoms with Crippen LogP contribution >= 0.6 is 11.6 Å². The Labute approximate surface area is 127 Å². The predicted molar refractivity (Wildman–Crippen MR) is 76.9 cm³/mol. The van der Waals surface area contributed by atoms with Crippen LogP contribution in [0.2, 0.25) is 5.02 Å². The second-order valence-electron chi connectivity index (χ2n) is 5.67. The Bertz CT molecular complexity index is 578. The van der Waals surface area contributed by atoms with Gasteiger partial charge in [0.15, 0.2) is 0 Å². The quantitative estimate of drug-likeness (QED) is 0.900. The van der Waals surface area contributed by atoms with Crippen molar-refractivity contribution in [2.75, 3.05) is 0 Å². The summed E-state index contributed by atoms with van der Waals surface area (Å²) in [6.07, 6.45) is 2.45. The summed E-state index contributed by atoms with van der Waals surface area (Å²) in [4.78, 5) is 23.8. The van der Waals surface area contributed by atoms with Gasteiger partial charge in [0.1, 0.15) is 11.4 Å². The summed E-state index contributed by atoms with van der Waals surface area (Å²) in [6.45, 7) is 1.96. The molecule has 1 aliphatic carbocycles. The number of benzene rings is 1. The fourth-order valence-corrected chi connectivity index (χ4v) is 2.96. The molecule has 1 saturated carbocycles. The third kappa shape index (κ3) is 3.35. The van der Waals surface area contributed by atoms with Crippen LogP contribution in [0, 0.1) is 11.7 Å². The topological polar surface area (TPSA) is 66.4 Å². The number of amides is 1. The third-order valence-corrected chi connectivity index (χ3v) is 4.25. The molecule has 6 heteroatoms. The number of aliphatic carboxylic acids is 1. The largest absolute Gasteiger partial charge is 0.480 e. The van der Waals surface area contributed by atoms with Gasteiger partial charge in [0.25, 0.3) is 5.91 Å². The average Bonchev–Trinajstić information content (AvgIpc) is 2.41. The normalized spacial score (nSPS) is 25.4. The van der Waals surface area contributed by atoms with Gasteiger partial charge in [-0.05, 0) is 37.0 Å². The minimum absolute atomic E-state index is 0.0655. The molecular weight excluding hydrogens is 297 g/mol. The van der Waals surface area contributed by atoms with Crippen LogP contribution in [0.15, 0.2) is 18.2 Å². The lowest BCUT2D eigenvalue weighted by atomic mass is 9.76. The standard InChI is InChI=1S/C15H17ClFNO3/c1-9-3-2-6-15(8-9,14(20)21)18-13(19)10-4-5-11(16)12(17)7-10/h4-5,7,9H,2-3,6,8H2,1H3,(H,18,19)(H,20,21). The number of rotatable bonds is 3. The molecule has 2 rings (SSSR count). The Hall–Kier alpha value is -1.62. The zero-order valence-corrected chi connectivity index (χ0v) is 12.4. The summed E-state index contributed by atoms with van der Waals surface area (Å²) >= 11 is 5.57. The molecule has 2 N–H and O–H groups in total. The molecule has 2 atom stereocenters. The number of carboxylic acids is 1. The number of halogens is 2. The van der Waals surface area contributed by atoms with Crippen molar-refractivity contribution in [1.29, 1.82) is 0 Å². The minimum Gasteiger partial charge on any atom is -0.480 e. The lowest BCUT2D eigenvalue weighted by Gasteiger charge is -2.37. The van der Waals surface area contributed by atoms with E-state index in [1.54, 1.807) is 0 Å². The maximum atomic E-state index is 13.4. The van der Waals surface area contributed by atoms with Crippen LogP contribution in [0.3, 0.4) is 0 Å². The summed E-state index contributed by atoms with van der Waals surface area (Å²) in [7, 11) is 0. The maximum absolute atomic E-state index is 13.4. The van der Waals surface area contributed by atoms with E-state index in [4.69, 9.17) is 11.6 Å². The fourth-order valence-electron chi connectivity index (χ4n) is 2.84. The van der Waals surface area contributed by atoms with Crippen LogP contribution in [0.4, 0.5) is 4.39 Å². The van der Waals surface area contributed by atoms with Crippen LogP contribution < -0.4 is 5.32 Å². The van der Waals surface area contributed by atoms with E-state index in [-0.39, 0.29) is 16.5 Å². The van der Waals surface area contributed by atoms with Gasteiger partial charge in [0, 0.05) is 5.56 Å². The summed E-state index contributed by atoms with van der Waals surface area (Å²) in [5.41, 5.74) is -1.21. The third-order valence-electron chi connectivity index (χ3n) is 3.94. The number of carbonyl (C=O) groups excluding carboxylic acids is 1. The van der Waals surface area contributed by atoms with Gasteiger partial charge in [0.05, 0.1) is 5.02 Å². The second kappa shape index (κ2) is 6.02. The molecular formula is C15H17ClFNO3. The van der Waals surface area contributed by atoms with Crippen LogP contribution in [-0.2, 0) is 4.79 Å². The van der Waals surface area contributed by atoms with Crippen LogP contribution in [0.25, 0.3) is 0 Å². The first kappa shape index (κ1) is 15.8. The molecule has 2 unspecified atom stereocenters. The number of hydrogen-bond donors (Lipinski definition) is 2. The van der Waals surface area contributed by atoms with E-state index < -0.39 is 23.2 Å². The van der Waals surface area contributed by atoms with E-state index in [0.29, 0.717) is 12.8 Å². The lowest BCUT2D eigenvalue weighted by Crippen LogP contribution is -2.56. The van der Waals surface area contributed by atoms with Crippen LogP contribution in [0.5, 0.6) is 0 Å². The fraction of sp³-hybridized carbons (Fsp3) is 0.467. The van der Waals surface area contributed by atoms with E-state index >= 15 is 0 Å². The Morgan fingerprint density at radius 1 is 1.48 bits per heavy atom. The number of hydrogen-bond acceptors (Lipinski definition) is 2. The molecule has 1 aliphatic rings. The van der Waals surface area contributed by atoms with E-state index in [0.717, 1.165) is 18.9 Å². The number of carboxylic acid groups (broad SMARTS) is 1. The number of carbonyl (C=O) groups is 2. The highest BCUT2D eigenvalue weighted by atomic mass is 35.5. The Balaban J connectivity index is 2.22. The molecule has 0 spiro atoms. The highest BCUT2D eigenvalue weighted by Crippen LogP contribution is 2.33. The molecule has 1 aromatic carbocycles. The van der Waals surface area contributed by atoms with Crippen LogP contribution in [-0.4, -0.2) is 22.5 Å². The molecule has 21 heavy (non-hydrogen) atoms. The molecule has 0 saturated heterocycles. The maximum Gasteiger partial charge on any atom is 0.329 e. The summed E-state index contributed by atoms with van der Waals surface area (Å²) in [5, 5.41) is 12.0. The highest BCUT2D eigenvalue weighted by Gasteiger charge is 2.43. The zero-order valence-electron chi connectivity index (χ0n) is 11.7. The highest BCUT2D eigenvalue weighted by molar-refractivity contribution is 6.30. The molecule has 1 amide bonds. The van der Waals surface area contributed by atoms with Crippen molar-refractivity contribution in [3.05, 3.63) is 34.6 Å². The minimum atomic E-state index is -1.27. The smallest absolute Gasteiger partial charge is 0.329 e. The summed E-state index contributed by atoms with van der Waals surface area (Å²) in [5.74, 6) is -2.12. The van der Waals surface area contributed by atoms with Crippen molar-refractivity contribution in [2.45, 2.75) is 38.1 Å². The van der Waals surface area contributed by atoms with E-state index in [2.05, 4.69) is 5.32 Å². The monoisotopic (exact) mass is 313 g/mol. The predicted octanol–water partition coefficient (Wildman–Crippen LogP) is 3.24. The zero-order chi connectivity index (χ0) is 15.6. The van der Waals surface area contributed by atoms with Gasteiger partial charge in [-0.2, -0.15) is 0 Å². The van der Waals surface area contributed by atoms with Crippen molar-refractivity contribution in [3.8, 4) is 0 Å². The molecule has 0 radical (unpaired) electrons. The van der Waals surface area contributed by atoms with Gasteiger partial charge in [-0.1, -0.05) is 31.4 Å². The van der Waals surface area contributed by atoms with Gasteiger partial charge < -0.3 is 10.4 Å². The van der Waals surface area contributed by atoms with E-state index in [1.807, 2.05) is 6.92 Å². The SMILES string of the molecule is CC1CCCC(NC(=O)c2ccc(Cl)c(F)c2)(C(=O)O)C1. The molecule has 4 nitrogen and oxygen atoms in total. The van der Waals surface area contributed by atoms with Crippen molar-refractivity contribution < 1.29 is 19.1 Å². The summed E-state index contributed by atoms with van der Waals surface area (Å²) in [6, 6.07) is 3.67. The van der Waals surface area contributed by atoms with Gasteiger partial charge in [-0.15, -0.1) is 0 Å². The van der Waals surface area contributed by atoms with E-state index in [9.17, 15) is 19.1 Å². The van der Waals surface area contributed by atoms with Crippen molar-refractivity contribution >= 4 is 23.5 Å². The molecule has 114 valence electrons. The molecule has 0 bridgehead atoms. The van der Waals surface area contributed by atoms with Crippen LogP contribution in [0.1, 0.15) is 43.0 Å². The molecule has 0 aliphatic heterocycles. The Morgan fingerprint density at radius 3 is 2.76 bits per heavy atom. The van der Waals surface area contributed by atoms with E-state index in [1.165, 1.54) is 12.1 Å². The average molecular weight is 314 g/mol. The molecule has 1 aromatic rings. The second-order valence-corrected chi connectivity index (χ2v) is 6.08. The molecule has 0 aromatic heterocycles. The summed E-state index contributed by atoms with van der Waals surface area (Å²) < 4.78 is 13.4.